The van der Waals surface area contributed by atoms with E-state index in [9.17, 15) is 0 Å². The maximum Gasteiger partial charge on any atom is 0.211 e. The van der Waals surface area contributed by atoms with E-state index in [1.807, 2.05) is 6.92 Å². The zero-order valence-corrected chi connectivity index (χ0v) is 8.29. The summed E-state index contributed by atoms with van der Waals surface area (Å²) in [7, 11) is 1.68. The van der Waals surface area contributed by atoms with Crippen LogP contribution in [0.25, 0.3) is 0 Å². The average Bonchev–Trinajstić information content (AvgIpc) is 2.05. The molecule has 1 aliphatic heterocycles. The molecular weight excluding hydrogens is 150 g/mol. The molecule has 2 nitrogen and oxygen atoms in total. The second kappa shape index (κ2) is 3.74. The first kappa shape index (κ1) is 9.30. The fourth-order valence-corrected chi connectivity index (χ4v) is 1.32. The van der Waals surface area contributed by atoms with Gasteiger partial charge in [0.05, 0.1) is 13.2 Å². The second-order valence-corrected chi connectivity index (χ2v) is 3.57. The minimum Gasteiger partial charge on any atom is -0.481 e. The molecule has 1 aliphatic rings. The van der Waals surface area contributed by atoms with Crippen LogP contribution in [0, 0.1) is 5.92 Å². The summed E-state index contributed by atoms with van der Waals surface area (Å²) in [6.07, 6.45) is 3.26. The molecule has 0 aromatic carbocycles. The largest absolute Gasteiger partial charge is 0.481 e. The number of rotatable bonds is 1. The van der Waals surface area contributed by atoms with E-state index >= 15 is 0 Å². The number of dihydropyridines is 1. The number of hydrogen-bond acceptors (Lipinski definition) is 2. The first-order chi connectivity index (χ1) is 5.65. The summed E-state index contributed by atoms with van der Waals surface area (Å²) in [5, 5.41) is 0. The third kappa shape index (κ3) is 1.87. The monoisotopic (exact) mass is 167 g/mol. The van der Waals surface area contributed by atoms with E-state index in [0.29, 0.717) is 12.0 Å². The Kier molecular flexibility index (Phi) is 2.90. The topological polar surface area (TPSA) is 21.6 Å². The SMILES string of the molecule is COC1=NC(C(C)C)CC=C1C. The Morgan fingerprint density at radius 3 is 2.75 bits per heavy atom. The van der Waals surface area contributed by atoms with Gasteiger partial charge in [0.25, 0.3) is 0 Å². The van der Waals surface area contributed by atoms with Crippen molar-refractivity contribution in [2.75, 3.05) is 7.11 Å². The van der Waals surface area contributed by atoms with Gasteiger partial charge in [0.1, 0.15) is 0 Å². The summed E-state index contributed by atoms with van der Waals surface area (Å²) in [5.74, 6) is 1.40. The van der Waals surface area contributed by atoms with Gasteiger partial charge in [-0.05, 0) is 19.3 Å². The van der Waals surface area contributed by atoms with Gasteiger partial charge in [0.15, 0.2) is 0 Å². The van der Waals surface area contributed by atoms with E-state index in [-0.39, 0.29) is 0 Å². The minimum atomic E-state index is 0.406. The Morgan fingerprint density at radius 2 is 2.25 bits per heavy atom. The van der Waals surface area contributed by atoms with Gasteiger partial charge in [-0.2, -0.15) is 0 Å². The van der Waals surface area contributed by atoms with E-state index in [2.05, 4.69) is 24.9 Å². The molecule has 0 bridgehead atoms. The van der Waals surface area contributed by atoms with Crippen molar-refractivity contribution in [3.8, 4) is 0 Å². The average molecular weight is 167 g/mol. The molecule has 1 rings (SSSR count). The molecule has 0 saturated heterocycles. The van der Waals surface area contributed by atoms with Gasteiger partial charge < -0.3 is 4.74 Å². The normalized spacial score (nSPS) is 23.6. The molecular formula is C10H17NO. The van der Waals surface area contributed by atoms with E-state index < -0.39 is 0 Å². The van der Waals surface area contributed by atoms with Crippen molar-refractivity contribution < 1.29 is 4.74 Å². The predicted octanol–water partition coefficient (Wildman–Crippen LogP) is 2.41. The molecule has 0 aliphatic carbocycles. The van der Waals surface area contributed by atoms with Gasteiger partial charge in [0.2, 0.25) is 5.90 Å². The van der Waals surface area contributed by atoms with Crippen LogP contribution >= 0.6 is 0 Å². The van der Waals surface area contributed by atoms with Crippen molar-refractivity contribution >= 4 is 5.90 Å². The quantitative estimate of drug-likeness (QED) is 0.587. The third-order valence-electron chi connectivity index (χ3n) is 2.25. The molecule has 68 valence electrons. The van der Waals surface area contributed by atoms with Crippen molar-refractivity contribution in [2.45, 2.75) is 33.2 Å². The van der Waals surface area contributed by atoms with Gasteiger partial charge in [-0.25, -0.2) is 4.99 Å². The molecule has 0 aromatic heterocycles. The van der Waals surface area contributed by atoms with Crippen LogP contribution in [0.4, 0.5) is 0 Å². The molecule has 2 heteroatoms. The highest BCUT2D eigenvalue weighted by molar-refractivity contribution is 5.93. The van der Waals surface area contributed by atoms with Gasteiger partial charge in [-0.15, -0.1) is 0 Å². The highest BCUT2D eigenvalue weighted by Gasteiger charge is 2.17. The Bertz CT molecular complexity index is 216. The highest BCUT2D eigenvalue weighted by atomic mass is 16.5. The number of nitrogens with zero attached hydrogens (tertiary/aromatic N) is 1. The number of hydrogen-bond donors (Lipinski definition) is 0. The molecule has 1 heterocycles. The molecule has 1 unspecified atom stereocenters. The second-order valence-electron chi connectivity index (χ2n) is 3.57. The fraction of sp³-hybridized carbons (Fsp3) is 0.700. The molecule has 0 N–H and O–H groups in total. The summed E-state index contributed by atoms with van der Waals surface area (Å²) < 4.78 is 5.17. The smallest absolute Gasteiger partial charge is 0.211 e. The molecule has 0 saturated carbocycles. The van der Waals surface area contributed by atoms with Gasteiger partial charge in [-0.1, -0.05) is 19.9 Å². The minimum absolute atomic E-state index is 0.406. The summed E-state index contributed by atoms with van der Waals surface area (Å²) in [5.41, 5.74) is 1.16. The third-order valence-corrected chi connectivity index (χ3v) is 2.25. The molecule has 0 radical (unpaired) electrons. The van der Waals surface area contributed by atoms with Gasteiger partial charge in [-0.3, -0.25) is 0 Å². The highest BCUT2D eigenvalue weighted by Crippen LogP contribution is 2.19. The van der Waals surface area contributed by atoms with Crippen LogP contribution in [0.15, 0.2) is 16.6 Å². The maximum absolute atomic E-state index is 5.17. The molecule has 0 spiro atoms. The molecule has 0 fully saturated rings. The lowest BCUT2D eigenvalue weighted by Crippen LogP contribution is -2.20. The van der Waals surface area contributed by atoms with E-state index in [0.717, 1.165) is 17.9 Å². The first-order valence-electron chi connectivity index (χ1n) is 4.44. The van der Waals surface area contributed by atoms with Crippen LogP contribution < -0.4 is 0 Å². The number of aliphatic imine (C=N–C) groups is 1. The van der Waals surface area contributed by atoms with Crippen molar-refractivity contribution in [1.29, 1.82) is 0 Å². The van der Waals surface area contributed by atoms with Crippen LogP contribution in [-0.2, 0) is 4.74 Å². The molecule has 0 amide bonds. The fourth-order valence-electron chi connectivity index (χ4n) is 1.32. The summed E-state index contributed by atoms with van der Waals surface area (Å²) in [4.78, 5) is 4.51. The summed E-state index contributed by atoms with van der Waals surface area (Å²) in [6, 6.07) is 0.406. The van der Waals surface area contributed by atoms with Gasteiger partial charge in [0, 0.05) is 5.57 Å². The Hall–Kier alpha value is -0.790. The number of ether oxygens (including phenoxy) is 1. The van der Waals surface area contributed by atoms with Crippen LogP contribution in [0.3, 0.4) is 0 Å². The van der Waals surface area contributed by atoms with E-state index in [1.165, 1.54) is 0 Å². The van der Waals surface area contributed by atoms with E-state index in [1.54, 1.807) is 7.11 Å². The zero-order chi connectivity index (χ0) is 9.14. The zero-order valence-electron chi connectivity index (χ0n) is 8.29. The lowest BCUT2D eigenvalue weighted by Gasteiger charge is -2.20. The summed E-state index contributed by atoms with van der Waals surface area (Å²) in [6.45, 7) is 6.42. The van der Waals surface area contributed by atoms with Crippen molar-refractivity contribution in [3.05, 3.63) is 11.6 Å². The Labute approximate surface area is 74.3 Å². The van der Waals surface area contributed by atoms with Crippen molar-refractivity contribution in [3.63, 3.8) is 0 Å². The summed E-state index contributed by atoms with van der Waals surface area (Å²) >= 11 is 0. The predicted molar refractivity (Wildman–Crippen MR) is 51.4 cm³/mol. The van der Waals surface area contributed by atoms with Crippen molar-refractivity contribution in [2.24, 2.45) is 10.9 Å². The molecule has 0 aromatic rings. The number of methoxy groups -OCH3 is 1. The van der Waals surface area contributed by atoms with Crippen LogP contribution in [0.5, 0.6) is 0 Å². The lowest BCUT2D eigenvalue weighted by atomic mass is 9.98. The van der Waals surface area contributed by atoms with Crippen LogP contribution in [0.1, 0.15) is 27.2 Å². The van der Waals surface area contributed by atoms with Crippen molar-refractivity contribution in [1.82, 2.24) is 0 Å². The Balaban J connectivity index is 2.73. The first-order valence-corrected chi connectivity index (χ1v) is 4.44. The van der Waals surface area contributed by atoms with E-state index in [4.69, 9.17) is 4.74 Å². The molecule has 1 atom stereocenters. The maximum atomic E-state index is 5.17. The molecule has 12 heavy (non-hydrogen) atoms. The van der Waals surface area contributed by atoms with Crippen LogP contribution in [-0.4, -0.2) is 19.0 Å². The van der Waals surface area contributed by atoms with Crippen LogP contribution in [0.2, 0.25) is 0 Å². The standard InChI is InChI=1S/C10H17NO/c1-7(2)9-6-5-8(3)10(11-9)12-4/h5,7,9H,6H2,1-4H3. The van der Waals surface area contributed by atoms with Gasteiger partial charge >= 0.3 is 0 Å². The lowest BCUT2D eigenvalue weighted by molar-refractivity contribution is 0.384. The Morgan fingerprint density at radius 1 is 1.58 bits per heavy atom.